The van der Waals surface area contributed by atoms with Crippen LogP contribution in [0.5, 0.6) is 0 Å². The monoisotopic (exact) mass is 224 g/mol. The number of hydrogen-bond donors (Lipinski definition) is 1. The highest BCUT2D eigenvalue weighted by Crippen LogP contribution is 2.25. The van der Waals surface area contributed by atoms with E-state index in [2.05, 4.69) is 10.2 Å². The molecule has 2 fully saturated rings. The summed E-state index contributed by atoms with van der Waals surface area (Å²) in [5, 5.41) is 3.04. The molecule has 2 aliphatic rings. The number of nitrogens with zero attached hydrogens (tertiary/aromatic N) is 1. The van der Waals surface area contributed by atoms with Gasteiger partial charge in [-0.25, -0.2) is 0 Å². The van der Waals surface area contributed by atoms with E-state index in [-0.39, 0.29) is 5.91 Å². The van der Waals surface area contributed by atoms with Crippen LogP contribution in [-0.4, -0.2) is 36.0 Å². The first kappa shape index (κ1) is 11.9. The Morgan fingerprint density at radius 3 is 2.25 bits per heavy atom. The number of carbonyl (C=O) groups excluding carboxylic acids is 1. The van der Waals surface area contributed by atoms with Crippen LogP contribution in [0.3, 0.4) is 0 Å². The Morgan fingerprint density at radius 2 is 1.69 bits per heavy atom. The van der Waals surface area contributed by atoms with Crippen molar-refractivity contribution in [3.05, 3.63) is 0 Å². The fourth-order valence-electron chi connectivity index (χ4n) is 3.14. The number of nitrogens with one attached hydrogen (secondary N) is 1. The number of piperidine rings is 1. The Morgan fingerprint density at radius 1 is 1.06 bits per heavy atom. The number of hydrogen-bond acceptors (Lipinski definition) is 2. The van der Waals surface area contributed by atoms with Gasteiger partial charge in [-0.05, 0) is 25.7 Å². The first-order valence-corrected chi connectivity index (χ1v) is 6.77. The third-order valence-electron chi connectivity index (χ3n) is 4.03. The molecule has 1 aliphatic carbocycles. The first-order chi connectivity index (χ1) is 7.75. The number of amides is 1. The molecule has 0 unspecified atom stereocenters. The minimum Gasteiger partial charge on any atom is -0.354 e. The zero-order valence-electron chi connectivity index (χ0n) is 10.4. The van der Waals surface area contributed by atoms with E-state index in [0.29, 0.717) is 6.04 Å². The standard InChI is InChI=1S/C13H24N2O/c1-11(16)14-12-7-9-15(10-8-12)13-5-3-2-4-6-13/h12-13H,2-10H2,1H3,(H,14,16). The maximum atomic E-state index is 11.0. The summed E-state index contributed by atoms with van der Waals surface area (Å²) in [4.78, 5) is 13.6. The van der Waals surface area contributed by atoms with Gasteiger partial charge < -0.3 is 10.2 Å². The van der Waals surface area contributed by atoms with E-state index < -0.39 is 0 Å². The summed E-state index contributed by atoms with van der Waals surface area (Å²) in [5.41, 5.74) is 0. The average Bonchev–Trinajstić information content (AvgIpc) is 2.30. The summed E-state index contributed by atoms with van der Waals surface area (Å²) < 4.78 is 0. The van der Waals surface area contributed by atoms with Gasteiger partial charge in [-0.3, -0.25) is 4.79 Å². The quantitative estimate of drug-likeness (QED) is 0.777. The van der Waals surface area contributed by atoms with Crippen LogP contribution in [0.15, 0.2) is 0 Å². The smallest absolute Gasteiger partial charge is 0.217 e. The van der Waals surface area contributed by atoms with E-state index in [1.54, 1.807) is 6.92 Å². The maximum Gasteiger partial charge on any atom is 0.217 e. The molecule has 0 spiro atoms. The molecule has 0 atom stereocenters. The minimum atomic E-state index is 0.121. The van der Waals surface area contributed by atoms with Gasteiger partial charge in [0.25, 0.3) is 0 Å². The molecule has 0 radical (unpaired) electrons. The lowest BCUT2D eigenvalue weighted by atomic mass is 9.92. The zero-order valence-corrected chi connectivity index (χ0v) is 10.4. The van der Waals surface area contributed by atoms with Crippen molar-refractivity contribution in [1.82, 2.24) is 10.2 Å². The summed E-state index contributed by atoms with van der Waals surface area (Å²) in [6.45, 7) is 3.97. The molecule has 1 saturated carbocycles. The molecule has 0 aromatic rings. The van der Waals surface area contributed by atoms with E-state index in [0.717, 1.165) is 18.9 Å². The molecular formula is C13H24N2O. The van der Waals surface area contributed by atoms with Crippen molar-refractivity contribution >= 4 is 5.91 Å². The van der Waals surface area contributed by atoms with Crippen LogP contribution >= 0.6 is 0 Å². The van der Waals surface area contributed by atoms with Crippen molar-refractivity contribution in [1.29, 1.82) is 0 Å². The Bertz CT molecular complexity index is 228. The topological polar surface area (TPSA) is 32.3 Å². The molecule has 3 nitrogen and oxygen atoms in total. The summed E-state index contributed by atoms with van der Waals surface area (Å²) >= 11 is 0. The van der Waals surface area contributed by atoms with Crippen molar-refractivity contribution in [3.63, 3.8) is 0 Å². The molecule has 1 heterocycles. The summed E-state index contributed by atoms with van der Waals surface area (Å²) in [7, 11) is 0. The number of carbonyl (C=O) groups is 1. The van der Waals surface area contributed by atoms with Gasteiger partial charge in [0.15, 0.2) is 0 Å². The predicted molar refractivity (Wildman–Crippen MR) is 65.3 cm³/mol. The molecular weight excluding hydrogens is 200 g/mol. The Labute approximate surface area is 98.6 Å². The van der Waals surface area contributed by atoms with Gasteiger partial charge in [0, 0.05) is 32.1 Å². The van der Waals surface area contributed by atoms with Crippen LogP contribution in [0.1, 0.15) is 51.9 Å². The van der Waals surface area contributed by atoms with E-state index >= 15 is 0 Å². The average molecular weight is 224 g/mol. The van der Waals surface area contributed by atoms with Gasteiger partial charge in [-0.1, -0.05) is 19.3 Å². The first-order valence-electron chi connectivity index (χ1n) is 6.77. The molecule has 1 saturated heterocycles. The van der Waals surface area contributed by atoms with Gasteiger partial charge in [-0.15, -0.1) is 0 Å². The zero-order chi connectivity index (χ0) is 11.4. The second kappa shape index (κ2) is 5.67. The van der Waals surface area contributed by atoms with Crippen molar-refractivity contribution in [2.45, 2.75) is 64.0 Å². The maximum absolute atomic E-state index is 11.0. The molecule has 0 aromatic heterocycles. The highest BCUT2D eigenvalue weighted by atomic mass is 16.1. The number of rotatable bonds is 2. The highest BCUT2D eigenvalue weighted by molar-refractivity contribution is 5.73. The van der Waals surface area contributed by atoms with Crippen LogP contribution in [0.2, 0.25) is 0 Å². The fourth-order valence-corrected chi connectivity index (χ4v) is 3.14. The van der Waals surface area contributed by atoms with Crippen LogP contribution in [0.25, 0.3) is 0 Å². The summed E-state index contributed by atoms with van der Waals surface area (Å²) in [6.07, 6.45) is 9.31. The lowest BCUT2D eigenvalue weighted by molar-refractivity contribution is -0.120. The van der Waals surface area contributed by atoms with Crippen molar-refractivity contribution in [2.75, 3.05) is 13.1 Å². The lowest BCUT2D eigenvalue weighted by Gasteiger charge is -2.39. The van der Waals surface area contributed by atoms with E-state index in [1.165, 1.54) is 45.2 Å². The van der Waals surface area contributed by atoms with Crippen LogP contribution in [0.4, 0.5) is 0 Å². The molecule has 16 heavy (non-hydrogen) atoms. The molecule has 1 aliphatic heterocycles. The van der Waals surface area contributed by atoms with Crippen molar-refractivity contribution in [3.8, 4) is 0 Å². The molecule has 3 heteroatoms. The Hall–Kier alpha value is -0.570. The van der Waals surface area contributed by atoms with Crippen LogP contribution < -0.4 is 5.32 Å². The molecule has 1 N–H and O–H groups in total. The van der Waals surface area contributed by atoms with E-state index in [9.17, 15) is 4.79 Å². The second-order valence-electron chi connectivity index (χ2n) is 5.30. The van der Waals surface area contributed by atoms with Gasteiger partial charge in [0.2, 0.25) is 5.91 Å². The summed E-state index contributed by atoms with van der Waals surface area (Å²) in [5.74, 6) is 0.121. The molecule has 2 rings (SSSR count). The van der Waals surface area contributed by atoms with Gasteiger partial charge in [0.1, 0.15) is 0 Å². The normalized spacial score (nSPS) is 25.6. The van der Waals surface area contributed by atoms with Crippen LogP contribution in [0, 0.1) is 0 Å². The fraction of sp³-hybridized carbons (Fsp3) is 0.923. The minimum absolute atomic E-state index is 0.121. The molecule has 0 aromatic carbocycles. The largest absolute Gasteiger partial charge is 0.354 e. The summed E-state index contributed by atoms with van der Waals surface area (Å²) in [6, 6.07) is 1.27. The Kier molecular flexibility index (Phi) is 4.22. The Balaban J connectivity index is 1.73. The number of likely N-dealkylation sites (tertiary alicyclic amines) is 1. The highest BCUT2D eigenvalue weighted by Gasteiger charge is 2.26. The second-order valence-corrected chi connectivity index (χ2v) is 5.30. The lowest BCUT2D eigenvalue weighted by Crippen LogP contribution is -2.48. The van der Waals surface area contributed by atoms with Crippen molar-refractivity contribution in [2.24, 2.45) is 0 Å². The van der Waals surface area contributed by atoms with E-state index in [1.807, 2.05) is 0 Å². The van der Waals surface area contributed by atoms with Gasteiger partial charge in [0.05, 0.1) is 0 Å². The van der Waals surface area contributed by atoms with Crippen molar-refractivity contribution < 1.29 is 4.79 Å². The molecule has 1 amide bonds. The van der Waals surface area contributed by atoms with Gasteiger partial charge in [-0.2, -0.15) is 0 Å². The molecule has 0 bridgehead atoms. The third-order valence-corrected chi connectivity index (χ3v) is 4.03. The SMILES string of the molecule is CC(=O)NC1CCN(C2CCCCC2)CC1. The predicted octanol–water partition coefficient (Wildman–Crippen LogP) is 1.92. The van der Waals surface area contributed by atoms with Gasteiger partial charge >= 0.3 is 0 Å². The van der Waals surface area contributed by atoms with Crippen LogP contribution in [-0.2, 0) is 4.79 Å². The van der Waals surface area contributed by atoms with E-state index in [4.69, 9.17) is 0 Å². The molecule has 92 valence electrons. The third kappa shape index (κ3) is 3.21.